The maximum Gasteiger partial charge on any atom is 0.418 e. The maximum absolute atomic E-state index is 12.8. The lowest BCUT2D eigenvalue weighted by atomic mass is 9.97. The third-order valence-electron chi connectivity index (χ3n) is 4.40. The summed E-state index contributed by atoms with van der Waals surface area (Å²) in [5.74, 6) is -0.418. The van der Waals surface area contributed by atoms with Gasteiger partial charge in [-0.1, -0.05) is 0 Å². The minimum absolute atomic E-state index is 0.102. The van der Waals surface area contributed by atoms with Crippen molar-refractivity contribution in [3.8, 4) is 0 Å². The SMILES string of the molecule is CC(NC(=O)c1c[nH]c2ncc(C3CC3)nc12)C(C)(O)C(F)(F)F. The molecule has 0 aromatic carbocycles. The molecule has 6 nitrogen and oxygen atoms in total. The first kappa shape index (κ1) is 16.7. The minimum atomic E-state index is -4.86. The summed E-state index contributed by atoms with van der Waals surface area (Å²) in [4.78, 5) is 23.7. The molecule has 1 amide bonds. The van der Waals surface area contributed by atoms with E-state index in [9.17, 15) is 23.1 Å². The van der Waals surface area contributed by atoms with Crippen LogP contribution in [0.15, 0.2) is 12.4 Å². The van der Waals surface area contributed by atoms with Gasteiger partial charge in [-0.25, -0.2) is 9.97 Å². The molecule has 1 aliphatic rings. The molecule has 24 heavy (non-hydrogen) atoms. The predicted octanol–water partition coefficient (Wildman–Crippen LogP) is 2.27. The van der Waals surface area contributed by atoms with Gasteiger partial charge in [-0.15, -0.1) is 0 Å². The number of hydrogen-bond donors (Lipinski definition) is 3. The van der Waals surface area contributed by atoms with Crippen molar-refractivity contribution in [1.29, 1.82) is 0 Å². The van der Waals surface area contributed by atoms with Gasteiger partial charge in [0.2, 0.25) is 0 Å². The molecular weight excluding hydrogens is 325 g/mol. The second kappa shape index (κ2) is 5.44. The monoisotopic (exact) mass is 342 g/mol. The summed E-state index contributed by atoms with van der Waals surface area (Å²) in [6.07, 6.45) is 0.148. The molecule has 2 heterocycles. The number of aromatic nitrogens is 3. The van der Waals surface area contributed by atoms with Crippen molar-refractivity contribution in [2.75, 3.05) is 0 Å². The zero-order valence-corrected chi connectivity index (χ0v) is 13.1. The van der Waals surface area contributed by atoms with Gasteiger partial charge < -0.3 is 15.4 Å². The van der Waals surface area contributed by atoms with Crippen LogP contribution in [0.3, 0.4) is 0 Å². The van der Waals surface area contributed by atoms with Gasteiger partial charge in [0.15, 0.2) is 11.2 Å². The van der Waals surface area contributed by atoms with E-state index in [1.165, 1.54) is 6.20 Å². The molecule has 9 heteroatoms. The Balaban J connectivity index is 1.85. The summed E-state index contributed by atoms with van der Waals surface area (Å²) in [5.41, 5.74) is -1.47. The van der Waals surface area contributed by atoms with Gasteiger partial charge in [0.25, 0.3) is 5.91 Å². The van der Waals surface area contributed by atoms with Crippen LogP contribution in [0.5, 0.6) is 0 Å². The van der Waals surface area contributed by atoms with E-state index in [2.05, 4.69) is 20.3 Å². The molecular formula is C15H17F3N4O2. The number of nitrogens with one attached hydrogen (secondary N) is 2. The van der Waals surface area contributed by atoms with Crippen LogP contribution in [-0.4, -0.2) is 43.8 Å². The summed E-state index contributed by atoms with van der Waals surface area (Å²) in [6.45, 7) is 1.72. The highest BCUT2D eigenvalue weighted by molar-refractivity contribution is 6.04. The zero-order chi connectivity index (χ0) is 17.7. The number of carbonyl (C=O) groups excluding carboxylic acids is 1. The number of halogens is 3. The Morgan fingerprint density at radius 2 is 2.12 bits per heavy atom. The lowest BCUT2D eigenvalue weighted by Gasteiger charge is -2.32. The highest BCUT2D eigenvalue weighted by Gasteiger charge is 2.54. The van der Waals surface area contributed by atoms with Crippen molar-refractivity contribution in [1.82, 2.24) is 20.3 Å². The van der Waals surface area contributed by atoms with Crippen LogP contribution in [-0.2, 0) is 0 Å². The van der Waals surface area contributed by atoms with Gasteiger partial charge in [0, 0.05) is 12.1 Å². The molecule has 2 aromatic rings. The third-order valence-corrected chi connectivity index (χ3v) is 4.40. The number of aromatic amines is 1. The Kier molecular flexibility index (Phi) is 3.78. The molecule has 3 rings (SSSR count). The Bertz CT molecular complexity index is 781. The van der Waals surface area contributed by atoms with Crippen LogP contribution >= 0.6 is 0 Å². The van der Waals surface area contributed by atoms with Crippen molar-refractivity contribution in [3.05, 3.63) is 23.7 Å². The average molecular weight is 342 g/mol. The summed E-state index contributed by atoms with van der Waals surface area (Å²) in [6, 6.07) is -1.53. The summed E-state index contributed by atoms with van der Waals surface area (Å²) >= 11 is 0. The zero-order valence-electron chi connectivity index (χ0n) is 13.1. The lowest BCUT2D eigenvalue weighted by molar-refractivity contribution is -0.260. The van der Waals surface area contributed by atoms with E-state index in [1.54, 1.807) is 6.20 Å². The molecule has 1 fully saturated rings. The summed E-state index contributed by atoms with van der Waals surface area (Å²) < 4.78 is 38.5. The van der Waals surface area contributed by atoms with Crippen LogP contribution in [0.4, 0.5) is 13.2 Å². The van der Waals surface area contributed by atoms with Crippen LogP contribution < -0.4 is 5.32 Å². The number of H-pyrrole nitrogens is 1. The Morgan fingerprint density at radius 1 is 1.46 bits per heavy atom. The molecule has 2 atom stereocenters. The van der Waals surface area contributed by atoms with Crippen molar-refractivity contribution in [3.63, 3.8) is 0 Å². The molecule has 1 aliphatic carbocycles. The summed E-state index contributed by atoms with van der Waals surface area (Å²) in [5, 5.41) is 11.8. The number of fused-ring (bicyclic) bond motifs is 1. The molecule has 2 aromatic heterocycles. The van der Waals surface area contributed by atoms with E-state index in [0.717, 1.165) is 25.5 Å². The minimum Gasteiger partial charge on any atom is -0.379 e. The average Bonchev–Trinajstić information content (AvgIpc) is 3.25. The lowest BCUT2D eigenvalue weighted by Crippen LogP contribution is -2.57. The predicted molar refractivity (Wildman–Crippen MR) is 79.5 cm³/mol. The van der Waals surface area contributed by atoms with E-state index in [0.29, 0.717) is 24.0 Å². The fourth-order valence-corrected chi connectivity index (χ4v) is 2.31. The molecule has 0 saturated heterocycles. The van der Waals surface area contributed by atoms with Crippen molar-refractivity contribution in [2.45, 2.75) is 50.4 Å². The van der Waals surface area contributed by atoms with Crippen LogP contribution in [0.2, 0.25) is 0 Å². The maximum atomic E-state index is 12.8. The van der Waals surface area contributed by atoms with Gasteiger partial charge >= 0.3 is 6.18 Å². The smallest absolute Gasteiger partial charge is 0.379 e. The second-order valence-corrected chi connectivity index (χ2v) is 6.31. The van der Waals surface area contributed by atoms with Crippen molar-refractivity contribution < 1.29 is 23.1 Å². The second-order valence-electron chi connectivity index (χ2n) is 6.31. The van der Waals surface area contributed by atoms with E-state index in [4.69, 9.17) is 0 Å². The molecule has 3 N–H and O–H groups in total. The molecule has 0 bridgehead atoms. The standard InChI is InChI=1S/C15H17F3N4O2/c1-7(14(2,24)15(16,17)18)21-13(23)9-5-19-12-11(9)22-10(6-20-12)8-3-4-8/h5-8,24H,3-4H2,1-2H3,(H,19,20)(H,21,23). The number of rotatable bonds is 4. The fraction of sp³-hybridized carbons (Fsp3) is 0.533. The first-order valence-corrected chi connectivity index (χ1v) is 7.55. The molecule has 0 spiro atoms. The Morgan fingerprint density at radius 3 is 2.71 bits per heavy atom. The van der Waals surface area contributed by atoms with Gasteiger partial charge in [0.1, 0.15) is 5.52 Å². The number of carbonyl (C=O) groups is 1. The van der Waals surface area contributed by atoms with E-state index in [-0.39, 0.29) is 5.56 Å². The molecule has 1 saturated carbocycles. The third kappa shape index (κ3) is 2.83. The fourth-order valence-electron chi connectivity index (χ4n) is 2.31. The summed E-state index contributed by atoms with van der Waals surface area (Å²) in [7, 11) is 0. The number of amides is 1. The van der Waals surface area contributed by atoms with Crippen molar-refractivity contribution >= 4 is 17.1 Å². The Labute approximate surface area is 135 Å². The van der Waals surface area contributed by atoms with Crippen LogP contribution in [0.1, 0.15) is 48.7 Å². The Hall–Kier alpha value is -2.16. The number of alkyl halides is 3. The van der Waals surface area contributed by atoms with Crippen LogP contribution in [0, 0.1) is 0 Å². The number of hydrogen-bond acceptors (Lipinski definition) is 4. The first-order chi connectivity index (χ1) is 11.1. The van der Waals surface area contributed by atoms with E-state index < -0.39 is 23.7 Å². The highest BCUT2D eigenvalue weighted by Crippen LogP contribution is 2.39. The number of nitrogens with zero attached hydrogens (tertiary/aromatic N) is 2. The number of aliphatic hydroxyl groups is 1. The normalized spacial score (nSPS) is 19.1. The van der Waals surface area contributed by atoms with Gasteiger partial charge in [-0.05, 0) is 26.7 Å². The van der Waals surface area contributed by atoms with E-state index in [1.807, 2.05) is 0 Å². The topological polar surface area (TPSA) is 90.9 Å². The molecule has 0 aliphatic heterocycles. The largest absolute Gasteiger partial charge is 0.418 e. The molecule has 130 valence electrons. The highest BCUT2D eigenvalue weighted by atomic mass is 19.4. The van der Waals surface area contributed by atoms with Crippen molar-refractivity contribution in [2.24, 2.45) is 0 Å². The van der Waals surface area contributed by atoms with Crippen LogP contribution in [0.25, 0.3) is 11.2 Å². The molecule has 0 radical (unpaired) electrons. The van der Waals surface area contributed by atoms with Gasteiger partial charge in [-0.3, -0.25) is 4.79 Å². The first-order valence-electron chi connectivity index (χ1n) is 7.55. The van der Waals surface area contributed by atoms with Gasteiger partial charge in [-0.2, -0.15) is 13.2 Å². The van der Waals surface area contributed by atoms with E-state index >= 15 is 0 Å². The quantitative estimate of drug-likeness (QED) is 0.795. The van der Waals surface area contributed by atoms with Gasteiger partial charge in [0.05, 0.1) is 23.5 Å². The molecule has 2 unspecified atom stereocenters.